The number of nitrogens with zero attached hydrogens (tertiary/aromatic N) is 3. The number of aromatic nitrogens is 2. The van der Waals surface area contributed by atoms with E-state index in [9.17, 15) is 0 Å². The molecule has 1 aliphatic rings. The lowest BCUT2D eigenvalue weighted by Crippen LogP contribution is -2.33. The van der Waals surface area contributed by atoms with Crippen molar-refractivity contribution >= 4 is 17.3 Å². The second-order valence-electron chi connectivity index (χ2n) is 6.52. The summed E-state index contributed by atoms with van der Waals surface area (Å²) >= 11 is 0. The lowest BCUT2D eigenvalue weighted by Gasteiger charge is -2.31. The van der Waals surface area contributed by atoms with E-state index >= 15 is 0 Å². The summed E-state index contributed by atoms with van der Waals surface area (Å²) < 4.78 is 10.7. The highest BCUT2D eigenvalue weighted by molar-refractivity contribution is 5.67. The van der Waals surface area contributed by atoms with Crippen LogP contribution in [-0.2, 0) is 0 Å². The van der Waals surface area contributed by atoms with Gasteiger partial charge in [-0.2, -0.15) is 0 Å². The molecule has 0 aliphatic carbocycles. The molecule has 0 spiro atoms. The number of nitrogens with one attached hydrogen (secondary N) is 1. The molecule has 0 unspecified atom stereocenters. The van der Waals surface area contributed by atoms with Gasteiger partial charge in [-0.1, -0.05) is 6.92 Å². The van der Waals surface area contributed by atoms with E-state index in [1.807, 2.05) is 31.2 Å². The minimum atomic E-state index is 0.741. The molecule has 2 heterocycles. The normalized spacial score (nSPS) is 15.1. The Balaban J connectivity index is 1.86. The number of anilines is 3. The number of piperidine rings is 1. The number of aryl methyl sites for hydroxylation is 1. The molecular weight excluding hydrogens is 316 g/mol. The van der Waals surface area contributed by atoms with Crippen LogP contribution in [0.1, 0.15) is 25.6 Å². The standard InChI is InChI=1S/C19H26N4O2/c1-13-7-9-23(10-8-13)19-12-18(20-14(2)21-19)22-16-11-15(24-3)5-6-17(16)25-4/h5-6,11-13H,7-10H2,1-4H3,(H,20,21,22). The van der Waals surface area contributed by atoms with E-state index in [1.165, 1.54) is 12.8 Å². The summed E-state index contributed by atoms with van der Waals surface area (Å²) in [4.78, 5) is 11.5. The minimum Gasteiger partial charge on any atom is -0.497 e. The summed E-state index contributed by atoms with van der Waals surface area (Å²) in [6, 6.07) is 7.65. The summed E-state index contributed by atoms with van der Waals surface area (Å²) in [7, 11) is 3.30. The molecule has 6 nitrogen and oxygen atoms in total. The summed E-state index contributed by atoms with van der Waals surface area (Å²) in [6.45, 7) is 6.31. The van der Waals surface area contributed by atoms with Crippen LogP contribution in [0.4, 0.5) is 17.3 Å². The Labute approximate surface area is 149 Å². The van der Waals surface area contributed by atoms with E-state index in [4.69, 9.17) is 9.47 Å². The average Bonchev–Trinajstić information content (AvgIpc) is 2.61. The molecule has 0 radical (unpaired) electrons. The largest absolute Gasteiger partial charge is 0.497 e. The van der Waals surface area contributed by atoms with E-state index < -0.39 is 0 Å². The van der Waals surface area contributed by atoms with Crippen LogP contribution in [0.5, 0.6) is 11.5 Å². The van der Waals surface area contributed by atoms with Gasteiger partial charge in [0.05, 0.1) is 19.9 Å². The topological polar surface area (TPSA) is 59.5 Å². The third kappa shape index (κ3) is 4.13. The molecule has 1 N–H and O–H groups in total. The number of hydrogen-bond acceptors (Lipinski definition) is 6. The molecule has 1 aromatic carbocycles. The van der Waals surface area contributed by atoms with Crippen LogP contribution in [0.15, 0.2) is 24.3 Å². The molecule has 0 amide bonds. The molecule has 0 saturated carbocycles. The Bertz CT molecular complexity index is 727. The van der Waals surface area contributed by atoms with Gasteiger partial charge in [0, 0.05) is 25.2 Å². The van der Waals surface area contributed by atoms with Gasteiger partial charge in [0.2, 0.25) is 0 Å². The molecule has 0 atom stereocenters. The van der Waals surface area contributed by atoms with Crippen molar-refractivity contribution in [3.8, 4) is 11.5 Å². The molecule has 3 rings (SSSR count). The zero-order valence-corrected chi connectivity index (χ0v) is 15.4. The molecule has 1 saturated heterocycles. The van der Waals surface area contributed by atoms with E-state index in [0.29, 0.717) is 0 Å². The first kappa shape index (κ1) is 17.3. The van der Waals surface area contributed by atoms with Crippen molar-refractivity contribution in [1.82, 2.24) is 9.97 Å². The molecule has 6 heteroatoms. The van der Waals surface area contributed by atoms with Gasteiger partial charge in [-0.15, -0.1) is 0 Å². The Morgan fingerprint density at radius 2 is 1.84 bits per heavy atom. The second-order valence-corrected chi connectivity index (χ2v) is 6.52. The molecule has 25 heavy (non-hydrogen) atoms. The zero-order chi connectivity index (χ0) is 17.8. The first-order chi connectivity index (χ1) is 12.1. The minimum absolute atomic E-state index is 0.741. The van der Waals surface area contributed by atoms with Gasteiger partial charge in [0.15, 0.2) is 0 Å². The van der Waals surface area contributed by atoms with Crippen LogP contribution in [0.3, 0.4) is 0 Å². The summed E-state index contributed by atoms with van der Waals surface area (Å²) in [6.07, 6.45) is 2.41. The van der Waals surface area contributed by atoms with Crippen LogP contribution in [0.2, 0.25) is 0 Å². The predicted octanol–water partition coefficient (Wildman–Crippen LogP) is 3.78. The Hall–Kier alpha value is -2.50. The average molecular weight is 342 g/mol. The highest BCUT2D eigenvalue weighted by Gasteiger charge is 2.18. The Morgan fingerprint density at radius 1 is 1.08 bits per heavy atom. The van der Waals surface area contributed by atoms with Crippen molar-refractivity contribution in [2.45, 2.75) is 26.7 Å². The number of ether oxygens (including phenoxy) is 2. The fraction of sp³-hybridized carbons (Fsp3) is 0.474. The molecule has 2 aromatic rings. The SMILES string of the molecule is COc1ccc(OC)c(Nc2cc(N3CCC(C)CC3)nc(C)n2)c1. The Morgan fingerprint density at radius 3 is 2.52 bits per heavy atom. The van der Waals surface area contributed by atoms with E-state index in [0.717, 1.165) is 53.7 Å². The molecule has 134 valence electrons. The molecule has 1 aliphatic heterocycles. The van der Waals surface area contributed by atoms with Gasteiger partial charge in [0.25, 0.3) is 0 Å². The third-order valence-corrected chi connectivity index (χ3v) is 4.60. The van der Waals surface area contributed by atoms with Gasteiger partial charge in [-0.3, -0.25) is 0 Å². The fourth-order valence-corrected chi connectivity index (χ4v) is 3.07. The maximum Gasteiger partial charge on any atom is 0.142 e. The lowest BCUT2D eigenvalue weighted by molar-refractivity contribution is 0.405. The van der Waals surface area contributed by atoms with Crippen LogP contribution >= 0.6 is 0 Å². The number of rotatable bonds is 5. The second kappa shape index (κ2) is 7.59. The predicted molar refractivity (Wildman–Crippen MR) is 100 cm³/mol. The number of benzene rings is 1. The lowest BCUT2D eigenvalue weighted by atomic mass is 9.99. The summed E-state index contributed by atoms with van der Waals surface area (Å²) in [5.41, 5.74) is 0.818. The van der Waals surface area contributed by atoms with Crippen molar-refractivity contribution in [2.75, 3.05) is 37.5 Å². The first-order valence-corrected chi connectivity index (χ1v) is 8.68. The van der Waals surface area contributed by atoms with Crippen molar-refractivity contribution in [3.05, 3.63) is 30.1 Å². The van der Waals surface area contributed by atoms with Gasteiger partial charge in [0.1, 0.15) is 29.0 Å². The van der Waals surface area contributed by atoms with Crippen LogP contribution in [-0.4, -0.2) is 37.3 Å². The highest BCUT2D eigenvalue weighted by Crippen LogP contribution is 2.32. The van der Waals surface area contributed by atoms with Crippen LogP contribution in [0.25, 0.3) is 0 Å². The van der Waals surface area contributed by atoms with E-state index in [1.54, 1.807) is 14.2 Å². The first-order valence-electron chi connectivity index (χ1n) is 8.68. The van der Waals surface area contributed by atoms with Crippen LogP contribution < -0.4 is 19.7 Å². The number of methoxy groups -OCH3 is 2. The van der Waals surface area contributed by atoms with Crippen LogP contribution in [0, 0.1) is 12.8 Å². The quantitative estimate of drug-likeness (QED) is 0.892. The maximum atomic E-state index is 5.43. The summed E-state index contributed by atoms with van der Waals surface area (Å²) in [5, 5.41) is 3.34. The van der Waals surface area contributed by atoms with E-state index in [2.05, 4.69) is 27.1 Å². The monoisotopic (exact) mass is 342 g/mol. The van der Waals surface area contributed by atoms with Crippen molar-refractivity contribution in [3.63, 3.8) is 0 Å². The maximum absolute atomic E-state index is 5.43. The molecule has 1 aromatic heterocycles. The van der Waals surface area contributed by atoms with Crippen molar-refractivity contribution < 1.29 is 9.47 Å². The van der Waals surface area contributed by atoms with E-state index in [-0.39, 0.29) is 0 Å². The number of hydrogen-bond donors (Lipinski definition) is 1. The zero-order valence-electron chi connectivity index (χ0n) is 15.4. The van der Waals surface area contributed by atoms with Crippen molar-refractivity contribution in [2.24, 2.45) is 5.92 Å². The Kier molecular flexibility index (Phi) is 5.26. The van der Waals surface area contributed by atoms with Crippen molar-refractivity contribution in [1.29, 1.82) is 0 Å². The van der Waals surface area contributed by atoms with Gasteiger partial charge >= 0.3 is 0 Å². The molecule has 1 fully saturated rings. The van der Waals surface area contributed by atoms with Gasteiger partial charge in [-0.25, -0.2) is 9.97 Å². The molecule has 0 bridgehead atoms. The third-order valence-electron chi connectivity index (χ3n) is 4.60. The fourth-order valence-electron chi connectivity index (χ4n) is 3.07. The van der Waals surface area contributed by atoms with Gasteiger partial charge in [-0.05, 0) is 37.8 Å². The smallest absolute Gasteiger partial charge is 0.142 e. The van der Waals surface area contributed by atoms with Gasteiger partial charge < -0.3 is 19.7 Å². The molecular formula is C19H26N4O2. The summed E-state index contributed by atoms with van der Waals surface area (Å²) in [5.74, 6) is 4.78. The highest BCUT2D eigenvalue weighted by atomic mass is 16.5.